The van der Waals surface area contributed by atoms with Gasteiger partial charge < -0.3 is 47.1 Å². The van der Waals surface area contributed by atoms with E-state index in [4.69, 9.17) is 44.2 Å². The quantitative estimate of drug-likeness (QED) is 0.0943. The Morgan fingerprint density at radius 2 is 1.88 bits per heavy atom. The normalized spacial score (nSPS) is 35.0. The van der Waals surface area contributed by atoms with Gasteiger partial charge in [0.05, 0.1) is 30.6 Å². The summed E-state index contributed by atoms with van der Waals surface area (Å²) in [6, 6.07) is -1.87. The first-order chi connectivity index (χ1) is 15.3. The summed E-state index contributed by atoms with van der Waals surface area (Å²) < 4.78 is 43.5. The lowest BCUT2D eigenvalue weighted by Gasteiger charge is -2.47. The third-order valence-corrected chi connectivity index (χ3v) is 5.41. The summed E-state index contributed by atoms with van der Waals surface area (Å²) >= 11 is 0. The van der Waals surface area contributed by atoms with E-state index < -0.39 is 53.0 Å². The van der Waals surface area contributed by atoms with E-state index in [9.17, 15) is 15.0 Å². The largest absolute Gasteiger partial charge is 0.394 e. The first-order valence-electron chi connectivity index (χ1n) is 10.3. The zero-order valence-corrected chi connectivity index (χ0v) is 19.4. The molecule has 16 heteroatoms. The third kappa shape index (κ3) is 9.73. The number of nitrogens with two attached hydrogens (primary N) is 3. The van der Waals surface area contributed by atoms with Crippen LogP contribution in [0.15, 0.2) is 4.99 Å². The number of aliphatic imine (C=N–C) groups is 1. The number of hydrogen-bond acceptors (Lipinski definition) is 11. The van der Waals surface area contributed by atoms with Gasteiger partial charge in [-0.15, -0.1) is 0 Å². The second-order valence-electron chi connectivity index (χ2n) is 7.92. The molecule has 1 heterocycles. The average Bonchev–Trinajstić information content (AvgIpc) is 2.70. The molecular weight excluding hydrogens is 464 g/mol. The molecule has 0 radical (unpaired) electrons. The van der Waals surface area contributed by atoms with Gasteiger partial charge in [-0.2, -0.15) is 8.42 Å². The van der Waals surface area contributed by atoms with Crippen molar-refractivity contribution in [2.24, 2.45) is 22.2 Å². The van der Waals surface area contributed by atoms with Gasteiger partial charge in [-0.1, -0.05) is 0 Å². The van der Waals surface area contributed by atoms with E-state index in [0.717, 1.165) is 19.2 Å². The van der Waals surface area contributed by atoms with Gasteiger partial charge in [-0.3, -0.25) is 18.9 Å². The highest BCUT2D eigenvalue weighted by atomic mass is 32.3. The third-order valence-electron chi connectivity index (χ3n) is 5.41. The zero-order valence-electron chi connectivity index (χ0n) is 18.6. The molecule has 8 atom stereocenters. The van der Waals surface area contributed by atoms with Crippen LogP contribution in [-0.4, -0.2) is 121 Å². The summed E-state index contributed by atoms with van der Waals surface area (Å²) in [5.74, 6) is -0.390. The highest BCUT2D eigenvalue weighted by molar-refractivity contribution is 7.79. The molecule has 0 spiro atoms. The maximum Gasteiger partial charge on any atom is 0.394 e. The van der Waals surface area contributed by atoms with Crippen LogP contribution in [-0.2, 0) is 24.7 Å². The first-order valence-corrected chi connectivity index (χ1v) is 11.7. The zero-order chi connectivity index (χ0) is 25.3. The number of rotatable bonds is 7. The minimum absolute atomic E-state index is 0.0495. The number of likely N-dealkylation sites (N-methyl/N-ethyl adjacent to an activating group) is 2. The van der Waals surface area contributed by atoms with Crippen LogP contribution in [0, 0.1) is 0 Å². The minimum atomic E-state index is -4.67. The van der Waals surface area contributed by atoms with Crippen LogP contribution >= 0.6 is 0 Å². The van der Waals surface area contributed by atoms with Gasteiger partial charge in [0.15, 0.2) is 6.29 Å². The molecule has 8 unspecified atom stereocenters. The highest BCUT2D eigenvalue weighted by Crippen LogP contribution is 2.29. The van der Waals surface area contributed by atoms with Crippen LogP contribution in [0.2, 0.25) is 0 Å². The maximum absolute atomic E-state index is 12.2. The standard InChI is InChI=1S/C17H34N6O5.H2O4S/c1-21-6-9-3-4-10(19)17(27-9)28-16-11(20)5-12(24)14(15(16)26)23(2)13(25)7-22-8-18;1-5(2,3)4/h8-12,14-17,21,24,26H,3-7,19-20H2,1-2H3,(H2,18,22);(H2,1,2,3,4). The van der Waals surface area contributed by atoms with Crippen molar-refractivity contribution in [2.75, 3.05) is 27.2 Å². The van der Waals surface area contributed by atoms with Crippen LogP contribution in [0.25, 0.3) is 0 Å². The molecule has 11 N–H and O–H groups in total. The highest BCUT2D eigenvalue weighted by Gasteiger charge is 2.47. The number of carbonyl (C=O) groups excluding carboxylic acids is 1. The summed E-state index contributed by atoms with van der Waals surface area (Å²) in [5, 5.41) is 24.4. The van der Waals surface area contributed by atoms with Crippen LogP contribution in [0.3, 0.4) is 0 Å². The monoisotopic (exact) mass is 500 g/mol. The predicted octanol–water partition coefficient (Wildman–Crippen LogP) is -3.96. The van der Waals surface area contributed by atoms with Gasteiger partial charge in [0.25, 0.3) is 0 Å². The molecule has 1 saturated carbocycles. The number of hydrogen-bond donors (Lipinski definition) is 8. The Bertz CT molecular complexity index is 734. The van der Waals surface area contributed by atoms with Crippen molar-refractivity contribution in [3.63, 3.8) is 0 Å². The molecule has 1 amide bonds. The Labute approximate surface area is 192 Å². The number of nitrogens with one attached hydrogen (secondary N) is 1. The SMILES string of the molecule is CNCC1CCC(N)C(OC2C(N)CC(O)C(N(C)C(=O)CN=CN)C2O)O1.O=S(=O)(O)O. The van der Waals surface area contributed by atoms with Gasteiger partial charge in [0.2, 0.25) is 5.91 Å². The first kappa shape index (κ1) is 29.6. The molecule has 2 aliphatic rings. The Morgan fingerprint density at radius 1 is 1.27 bits per heavy atom. The maximum atomic E-state index is 12.2. The Hall–Kier alpha value is -1.47. The number of nitrogens with zero attached hydrogens (tertiary/aromatic N) is 2. The van der Waals surface area contributed by atoms with Crippen molar-refractivity contribution in [2.45, 2.75) is 68.1 Å². The lowest BCUT2D eigenvalue weighted by Crippen LogP contribution is -2.66. The fourth-order valence-electron chi connectivity index (χ4n) is 3.84. The van der Waals surface area contributed by atoms with Crippen molar-refractivity contribution in [1.29, 1.82) is 0 Å². The number of amides is 1. The summed E-state index contributed by atoms with van der Waals surface area (Å²) in [6.07, 6.45) is -1.11. The van der Waals surface area contributed by atoms with Crippen molar-refractivity contribution in [1.82, 2.24) is 10.2 Å². The number of ether oxygens (including phenoxy) is 2. The van der Waals surface area contributed by atoms with Crippen LogP contribution in [0.5, 0.6) is 0 Å². The van der Waals surface area contributed by atoms with Crippen molar-refractivity contribution < 1.29 is 42.0 Å². The Morgan fingerprint density at radius 3 is 2.42 bits per heavy atom. The molecule has 33 heavy (non-hydrogen) atoms. The van der Waals surface area contributed by atoms with Gasteiger partial charge >= 0.3 is 10.4 Å². The number of aliphatic hydroxyl groups excluding tert-OH is 2. The minimum Gasteiger partial charge on any atom is -0.391 e. The summed E-state index contributed by atoms with van der Waals surface area (Å²) in [4.78, 5) is 17.2. The molecule has 0 aromatic carbocycles. The average molecular weight is 501 g/mol. The molecule has 1 aliphatic heterocycles. The van der Waals surface area contributed by atoms with E-state index in [0.29, 0.717) is 6.54 Å². The molecule has 0 aromatic rings. The van der Waals surface area contributed by atoms with E-state index in [1.165, 1.54) is 11.9 Å². The van der Waals surface area contributed by atoms with Crippen LogP contribution < -0.4 is 22.5 Å². The summed E-state index contributed by atoms with van der Waals surface area (Å²) in [7, 11) is -1.34. The molecule has 0 aromatic heterocycles. The summed E-state index contributed by atoms with van der Waals surface area (Å²) in [5.41, 5.74) is 17.4. The molecule has 1 saturated heterocycles. The Kier molecular flexibility index (Phi) is 12.0. The van der Waals surface area contributed by atoms with E-state index in [2.05, 4.69) is 10.3 Å². The second-order valence-corrected chi connectivity index (χ2v) is 8.81. The van der Waals surface area contributed by atoms with Crippen LogP contribution in [0.4, 0.5) is 0 Å². The molecule has 194 valence electrons. The molecular formula is C17H36N6O9S. The Balaban J connectivity index is 0.000000981. The topological polar surface area (TPSA) is 256 Å². The van der Waals surface area contributed by atoms with Crippen molar-refractivity contribution >= 4 is 22.6 Å². The van der Waals surface area contributed by atoms with Gasteiger partial charge in [-0.05, 0) is 26.3 Å². The predicted molar refractivity (Wildman–Crippen MR) is 118 cm³/mol. The second kappa shape index (κ2) is 13.4. The lowest BCUT2D eigenvalue weighted by atomic mass is 9.83. The molecule has 0 bridgehead atoms. The molecule has 15 nitrogen and oxygen atoms in total. The number of carbonyl (C=O) groups is 1. The van der Waals surface area contributed by atoms with Gasteiger partial charge in [0, 0.05) is 19.6 Å². The van der Waals surface area contributed by atoms with E-state index >= 15 is 0 Å². The van der Waals surface area contributed by atoms with Gasteiger partial charge in [-0.25, -0.2) is 0 Å². The smallest absolute Gasteiger partial charge is 0.391 e. The molecule has 1 aliphatic carbocycles. The van der Waals surface area contributed by atoms with Gasteiger partial charge in [0.1, 0.15) is 18.8 Å². The van der Waals surface area contributed by atoms with E-state index in [1.54, 1.807) is 0 Å². The molecule has 2 fully saturated rings. The fourth-order valence-corrected chi connectivity index (χ4v) is 3.84. The van der Waals surface area contributed by atoms with Crippen LogP contribution in [0.1, 0.15) is 19.3 Å². The van der Waals surface area contributed by atoms with Crippen molar-refractivity contribution in [3.05, 3.63) is 0 Å². The lowest BCUT2D eigenvalue weighted by molar-refractivity contribution is -0.253. The number of aliphatic hydroxyl groups is 2. The fraction of sp³-hybridized carbons (Fsp3) is 0.882. The summed E-state index contributed by atoms with van der Waals surface area (Å²) in [6.45, 7) is 0.481. The molecule has 2 rings (SSSR count). The van der Waals surface area contributed by atoms with Crippen molar-refractivity contribution in [3.8, 4) is 0 Å². The van der Waals surface area contributed by atoms with E-state index in [1.807, 2.05) is 7.05 Å². The van der Waals surface area contributed by atoms with E-state index in [-0.39, 0.29) is 25.1 Å².